The molecule has 2 aliphatic carbocycles. The first-order valence-electron chi connectivity index (χ1n) is 19.0. The monoisotopic (exact) mass is 713 g/mol. The zero-order valence-electron chi connectivity index (χ0n) is 32.1. The smallest absolute Gasteiger partial charge is 0.344 e. The van der Waals surface area contributed by atoms with E-state index in [9.17, 15) is 14.9 Å². The summed E-state index contributed by atoms with van der Waals surface area (Å²) < 4.78 is 13.8. The molecule has 4 aromatic carbocycles. The van der Waals surface area contributed by atoms with Gasteiger partial charge in [-0.25, -0.2) is 9.78 Å². The lowest BCUT2D eigenvalue weighted by molar-refractivity contribution is -0.384. The van der Waals surface area contributed by atoms with Crippen LogP contribution in [-0.2, 0) is 27.9 Å². The molecule has 0 bridgehead atoms. The van der Waals surface area contributed by atoms with Gasteiger partial charge < -0.3 is 14.0 Å². The van der Waals surface area contributed by atoms with E-state index in [1.54, 1.807) is 18.2 Å². The van der Waals surface area contributed by atoms with Crippen LogP contribution in [0.1, 0.15) is 96.8 Å². The highest BCUT2D eigenvalue weighted by Crippen LogP contribution is 2.58. The molecule has 0 unspecified atom stereocenters. The van der Waals surface area contributed by atoms with Crippen LogP contribution in [0.5, 0.6) is 5.75 Å². The molecule has 3 atom stereocenters. The zero-order chi connectivity index (χ0) is 37.7. The van der Waals surface area contributed by atoms with E-state index in [1.165, 1.54) is 23.1 Å². The molecule has 7 rings (SSSR count). The number of esters is 1. The molecule has 2 aliphatic rings. The first-order valence-corrected chi connectivity index (χ1v) is 19.0. The fourth-order valence-corrected chi connectivity index (χ4v) is 9.35. The van der Waals surface area contributed by atoms with Gasteiger partial charge >= 0.3 is 5.97 Å². The van der Waals surface area contributed by atoms with Gasteiger partial charge in [-0.05, 0) is 122 Å². The van der Waals surface area contributed by atoms with Crippen LogP contribution in [0.2, 0.25) is 0 Å². The lowest BCUT2D eigenvalue weighted by Gasteiger charge is -2.56. The predicted molar refractivity (Wildman–Crippen MR) is 210 cm³/mol. The number of nitro groups is 1. The second kappa shape index (κ2) is 13.8. The zero-order valence-corrected chi connectivity index (χ0v) is 32.1. The SMILES string of the molecule is CC(C)c1ccc2c(c1)CC[C@H]1[C@@](C)(Cn3c(-c4cccc(OCC(=O)OC(C)(C)C)c4)nc4cc(-c5ccccc5[N+](=O)[O-])ccc43)CCC[C@]21C. The van der Waals surface area contributed by atoms with Gasteiger partial charge in [0.05, 0.1) is 21.5 Å². The van der Waals surface area contributed by atoms with Gasteiger partial charge in [0.1, 0.15) is 17.2 Å². The van der Waals surface area contributed by atoms with Gasteiger partial charge in [-0.2, -0.15) is 0 Å². The van der Waals surface area contributed by atoms with E-state index in [0.29, 0.717) is 23.1 Å². The topological polar surface area (TPSA) is 96.5 Å². The number of carbonyl (C=O) groups is 1. The third kappa shape index (κ3) is 7.08. The van der Waals surface area contributed by atoms with Gasteiger partial charge in [-0.1, -0.05) is 82.6 Å². The first-order chi connectivity index (χ1) is 25.1. The van der Waals surface area contributed by atoms with Gasteiger partial charge in [0.15, 0.2) is 6.61 Å². The number of carbonyl (C=O) groups excluding carboxylic acids is 1. The van der Waals surface area contributed by atoms with Crippen molar-refractivity contribution < 1.29 is 19.2 Å². The standard InChI is InChI=1S/C45H51N3O5/c1-29(2)30-16-19-36-32(24-30)18-21-40-44(6,22-11-23-45(36,40)7)28-47-39-20-17-31(35-14-8-9-15-38(35)48(50)51)26-37(39)46-42(47)33-12-10-13-34(25-33)52-27-41(49)53-43(3,4)5/h8-10,12-17,19-20,24-26,29,40H,11,18,21-23,27-28H2,1-7H3/t40-,44+,45+/m0/s1. The van der Waals surface area contributed by atoms with Crippen molar-refractivity contribution in [1.29, 1.82) is 0 Å². The molecule has 8 heteroatoms. The third-order valence-corrected chi connectivity index (χ3v) is 11.7. The third-order valence-electron chi connectivity index (χ3n) is 11.7. The minimum Gasteiger partial charge on any atom is -0.482 e. The van der Waals surface area contributed by atoms with Crippen molar-refractivity contribution in [1.82, 2.24) is 9.55 Å². The van der Waals surface area contributed by atoms with Gasteiger partial charge in [-0.15, -0.1) is 0 Å². The normalized spacial score (nSPS) is 21.2. The quantitative estimate of drug-likeness (QED) is 0.0857. The van der Waals surface area contributed by atoms with Crippen LogP contribution in [0, 0.1) is 21.4 Å². The van der Waals surface area contributed by atoms with Crippen LogP contribution in [0.15, 0.2) is 84.9 Å². The summed E-state index contributed by atoms with van der Waals surface area (Å²) >= 11 is 0. The molecular weight excluding hydrogens is 663 g/mol. The Balaban J connectivity index is 1.30. The number of aromatic nitrogens is 2. The van der Waals surface area contributed by atoms with E-state index in [0.717, 1.165) is 60.2 Å². The molecule has 1 aromatic heterocycles. The summed E-state index contributed by atoms with van der Waals surface area (Å²) in [5, 5.41) is 12.0. The molecule has 1 saturated carbocycles. The molecular formula is C45H51N3O5. The molecule has 0 aliphatic heterocycles. The number of nitrogens with zero attached hydrogens (tertiary/aromatic N) is 3. The molecule has 0 saturated heterocycles. The summed E-state index contributed by atoms with van der Waals surface area (Å²) in [4.78, 5) is 29.4. The number of fused-ring (bicyclic) bond motifs is 4. The van der Waals surface area contributed by atoms with E-state index < -0.39 is 11.6 Å². The lowest BCUT2D eigenvalue weighted by Crippen LogP contribution is -2.50. The highest BCUT2D eigenvalue weighted by Gasteiger charge is 2.52. The Kier molecular flexibility index (Phi) is 9.46. The van der Waals surface area contributed by atoms with Crippen molar-refractivity contribution in [2.24, 2.45) is 11.3 Å². The summed E-state index contributed by atoms with van der Waals surface area (Å²) in [5.41, 5.74) is 7.88. The Morgan fingerprint density at radius 3 is 2.53 bits per heavy atom. The van der Waals surface area contributed by atoms with Crippen LogP contribution in [-0.4, -0.2) is 32.7 Å². The minimum atomic E-state index is -0.602. The van der Waals surface area contributed by atoms with Crippen LogP contribution in [0.3, 0.4) is 0 Å². The second-order valence-electron chi connectivity index (χ2n) is 17.0. The molecule has 0 radical (unpaired) electrons. The fourth-order valence-electron chi connectivity index (χ4n) is 9.35. The summed E-state index contributed by atoms with van der Waals surface area (Å²) in [6.45, 7) is 15.6. The molecule has 5 aromatic rings. The van der Waals surface area contributed by atoms with Crippen molar-refractivity contribution >= 4 is 22.7 Å². The Labute approximate surface area is 312 Å². The molecule has 0 amide bonds. The average molecular weight is 714 g/mol. The molecule has 0 N–H and O–H groups in total. The number of aryl methyl sites for hydroxylation is 1. The van der Waals surface area contributed by atoms with Crippen LogP contribution >= 0.6 is 0 Å². The van der Waals surface area contributed by atoms with Crippen molar-refractivity contribution in [2.45, 2.75) is 104 Å². The van der Waals surface area contributed by atoms with E-state index in [4.69, 9.17) is 14.5 Å². The number of imidazole rings is 1. The van der Waals surface area contributed by atoms with Gasteiger partial charge in [-0.3, -0.25) is 10.1 Å². The van der Waals surface area contributed by atoms with Crippen LogP contribution in [0.4, 0.5) is 5.69 Å². The first kappa shape index (κ1) is 36.4. The van der Waals surface area contributed by atoms with Gasteiger partial charge in [0, 0.05) is 18.2 Å². The molecule has 1 fully saturated rings. The molecule has 0 spiro atoms. The van der Waals surface area contributed by atoms with Crippen LogP contribution in [0.25, 0.3) is 33.5 Å². The summed E-state index contributed by atoms with van der Waals surface area (Å²) in [7, 11) is 0. The predicted octanol–water partition coefficient (Wildman–Crippen LogP) is 10.8. The number of ether oxygens (including phenoxy) is 2. The summed E-state index contributed by atoms with van der Waals surface area (Å²) in [5.74, 6) is 1.90. The van der Waals surface area contributed by atoms with E-state index in [-0.39, 0.29) is 28.0 Å². The molecule has 8 nitrogen and oxygen atoms in total. The Bertz CT molecular complexity index is 2200. The lowest BCUT2D eigenvalue weighted by atomic mass is 9.49. The summed E-state index contributed by atoms with van der Waals surface area (Å²) in [6.07, 6.45) is 5.65. The molecule has 1 heterocycles. The second-order valence-corrected chi connectivity index (χ2v) is 17.0. The van der Waals surface area contributed by atoms with Crippen LogP contribution < -0.4 is 4.74 Å². The number of para-hydroxylation sites is 1. The summed E-state index contributed by atoms with van der Waals surface area (Å²) in [6, 6.07) is 27.8. The number of hydrogen-bond donors (Lipinski definition) is 0. The Morgan fingerprint density at radius 1 is 0.981 bits per heavy atom. The number of benzene rings is 4. The van der Waals surface area contributed by atoms with Gasteiger partial charge in [0.2, 0.25) is 0 Å². The maximum Gasteiger partial charge on any atom is 0.344 e. The van der Waals surface area contributed by atoms with Crippen molar-refractivity contribution in [2.75, 3.05) is 6.61 Å². The average Bonchev–Trinajstić information content (AvgIpc) is 3.46. The van der Waals surface area contributed by atoms with E-state index in [2.05, 4.69) is 56.5 Å². The van der Waals surface area contributed by atoms with E-state index in [1.807, 2.05) is 63.2 Å². The van der Waals surface area contributed by atoms with E-state index >= 15 is 0 Å². The highest BCUT2D eigenvalue weighted by molar-refractivity contribution is 5.87. The maximum absolute atomic E-state index is 12.5. The Hall–Kier alpha value is -4.98. The highest BCUT2D eigenvalue weighted by atomic mass is 16.6. The maximum atomic E-state index is 12.5. The molecule has 53 heavy (non-hydrogen) atoms. The number of hydrogen-bond acceptors (Lipinski definition) is 6. The number of rotatable bonds is 9. The van der Waals surface area contributed by atoms with Crippen molar-refractivity contribution in [3.8, 4) is 28.3 Å². The Morgan fingerprint density at radius 2 is 1.77 bits per heavy atom. The number of nitro benzene ring substituents is 1. The minimum absolute atomic E-state index is 0.0223. The van der Waals surface area contributed by atoms with Crippen molar-refractivity contribution in [3.63, 3.8) is 0 Å². The largest absolute Gasteiger partial charge is 0.482 e. The molecule has 276 valence electrons. The van der Waals surface area contributed by atoms with Gasteiger partial charge in [0.25, 0.3) is 5.69 Å². The fraction of sp³-hybridized carbons (Fsp3) is 0.422. The van der Waals surface area contributed by atoms with Crippen molar-refractivity contribution in [3.05, 3.63) is 112 Å².